The SMILES string of the molecule is CC1(C)Cc2cccc(OCC(=O)OCC(=O)Nc3ccc4c(c3)OCCO4)c2O1. The van der Waals surface area contributed by atoms with Crippen molar-refractivity contribution < 1.29 is 33.3 Å². The highest BCUT2D eigenvalue weighted by atomic mass is 16.6. The molecule has 158 valence electrons. The zero-order valence-corrected chi connectivity index (χ0v) is 16.9. The molecule has 2 aliphatic rings. The van der Waals surface area contributed by atoms with Gasteiger partial charge in [-0.2, -0.15) is 0 Å². The number of hydrogen-bond acceptors (Lipinski definition) is 7. The summed E-state index contributed by atoms with van der Waals surface area (Å²) in [6.45, 7) is 4.18. The predicted octanol–water partition coefficient (Wildman–Crippen LogP) is 2.73. The third-order valence-corrected chi connectivity index (χ3v) is 4.59. The average molecular weight is 413 g/mol. The van der Waals surface area contributed by atoms with E-state index < -0.39 is 18.5 Å². The Morgan fingerprint density at radius 1 is 1.07 bits per heavy atom. The number of fused-ring (bicyclic) bond motifs is 2. The summed E-state index contributed by atoms with van der Waals surface area (Å²) in [5.41, 5.74) is 1.25. The van der Waals surface area contributed by atoms with Gasteiger partial charge < -0.3 is 29.0 Å². The molecule has 0 saturated heterocycles. The Morgan fingerprint density at radius 3 is 2.70 bits per heavy atom. The highest BCUT2D eigenvalue weighted by Gasteiger charge is 2.32. The number of esters is 1. The first-order valence-corrected chi connectivity index (χ1v) is 9.68. The van der Waals surface area contributed by atoms with Gasteiger partial charge in [-0.1, -0.05) is 12.1 Å². The van der Waals surface area contributed by atoms with Crippen LogP contribution in [0, 0.1) is 0 Å². The number of ether oxygens (including phenoxy) is 5. The van der Waals surface area contributed by atoms with E-state index in [1.165, 1.54) is 0 Å². The number of nitrogens with one attached hydrogen (secondary N) is 1. The number of rotatable bonds is 6. The van der Waals surface area contributed by atoms with Crippen molar-refractivity contribution in [3.05, 3.63) is 42.0 Å². The molecular formula is C22H23NO7. The molecule has 2 aromatic rings. The molecule has 0 aliphatic carbocycles. The van der Waals surface area contributed by atoms with Crippen molar-refractivity contribution in [2.45, 2.75) is 25.9 Å². The molecule has 0 atom stereocenters. The first-order chi connectivity index (χ1) is 14.4. The minimum absolute atomic E-state index is 0.311. The summed E-state index contributed by atoms with van der Waals surface area (Å²) in [7, 11) is 0. The molecule has 30 heavy (non-hydrogen) atoms. The number of amides is 1. The molecule has 2 heterocycles. The maximum absolute atomic E-state index is 12.1. The van der Waals surface area contributed by atoms with Crippen molar-refractivity contribution in [2.75, 3.05) is 31.7 Å². The lowest BCUT2D eigenvalue weighted by atomic mass is 10.0. The van der Waals surface area contributed by atoms with Crippen LogP contribution in [0.25, 0.3) is 0 Å². The molecule has 0 spiro atoms. The topological polar surface area (TPSA) is 92.3 Å². The van der Waals surface area contributed by atoms with E-state index in [-0.39, 0.29) is 12.2 Å². The molecule has 0 unspecified atom stereocenters. The van der Waals surface area contributed by atoms with Crippen molar-refractivity contribution in [2.24, 2.45) is 0 Å². The third-order valence-electron chi connectivity index (χ3n) is 4.59. The molecule has 2 aromatic carbocycles. The van der Waals surface area contributed by atoms with Gasteiger partial charge >= 0.3 is 5.97 Å². The van der Waals surface area contributed by atoms with Gasteiger partial charge in [-0.15, -0.1) is 0 Å². The molecule has 0 saturated carbocycles. The first-order valence-electron chi connectivity index (χ1n) is 9.68. The van der Waals surface area contributed by atoms with Gasteiger partial charge in [-0.3, -0.25) is 4.79 Å². The Kier molecular flexibility index (Phi) is 5.39. The van der Waals surface area contributed by atoms with Crippen molar-refractivity contribution in [3.8, 4) is 23.0 Å². The van der Waals surface area contributed by atoms with Crippen molar-refractivity contribution in [3.63, 3.8) is 0 Å². The summed E-state index contributed by atoms with van der Waals surface area (Å²) in [5, 5.41) is 2.65. The van der Waals surface area contributed by atoms with Gasteiger partial charge in [0.25, 0.3) is 5.91 Å². The standard InChI is InChI=1S/C22H23NO7/c1-22(2)11-14-4-3-5-17(21(14)30-22)28-13-20(25)29-12-19(24)23-15-6-7-16-18(10-15)27-9-8-26-16/h3-7,10H,8-9,11-13H2,1-2H3,(H,23,24). The Morgan fingerprint density at radius 2 is 1.87 bits per heavy atom. The minimum atomic E-state index is -0.651. The molecule has 2 aliphatic heterocycles. The van der Waals surface area contributed by atoms with Gasteiger partial charge in [-0.25, -0.2) is 4.79 Å². The number of carbonyl (C=O) groups is 2. The summed E-state index contributed by atoms with van der Waals surface area (Å²) < 4.78 is 27.4. The predicted molar refractivity (Wildman–Crippen MR) is 107 cm³/mol. The van der Waals surface area contributed by atoms with E-state index in [1.807, 2.05) is 26.0 Å². The van der Waals surface area contributed by atoms with Crippen molar-refractivity contribution in [1.29, 1.82) is 0 Å². The second-order valence-electron chi connectivity index (χ2n) is 7.64. The van der Waals surface area contributed by atoms with Crippen LogP contribution in [0.5, 0.6) is 23.0 Å². The highest BCUT2D eigenvalue weighted by Crippen LogP contribution is 2.41. The Bertz CT molecular complexity index is 970. The number of hydrogen-bond donors (Lipinski definition) is 1. The van der Waals surface area contributed by atoms with E-state index in [1.54, 1.807) is 24.3 Å². The molecular weight excluding hydrogens is 390 g/mol. The monoisotopic (exact) mass is 413 g/mol. The summed E-state index contributed by atoms with van der Waals surface area (Å²) in [5.74, 6) is 1.20. The normalized spacial score (nSPS) is 15.5. The van der Waals surface area contributed by atoms with Crippen LogP contribution in [0.2, 0.25) is 0 Å². The van der Waals surface area contributed by atoms with E-state index in [4.69, 9.17) is 23.7 Å². The van der Waals surface area contributed by atoms with Crippen LogP contribution >= 0.6 is 0 Å². The van der Waals surface area contributed by atoms with Crippen LogP contribution < -0.4 is 24.3 Å². The average Bonchev–Trinajstić information content (AvgIpc) is 3.05. The van der Waals surface area contributed by atoms with E-state index in [9.17, 15) is 9.59 Å². The zero-order chi connectivity index (χ0) is 21.1. The molecule has 4 rings (SSSR count). The Labute approximate surface area is 174 Å². The molecule has 0 fully saturated rings. The fraction of sp³-hybridized carbons (Fsp3) is 0.364. The fourth-order valence-corrected chi connectivity index (χ4v) is 3.34. The molecule has 0 bridgehead atoms. The van der Waals surface area contributed by atoms with Crippen LogP contribution in [0.1, 0.15) is 19.4 Å². The number of benzene rings is 2. The van der Waals surface area contributed by atoms with Crippen molar-refractivity contribution >= 4 is 17.6 Å². The third kappa shape index (κ3) is 4.59. The van der Waals surface area contributed by atoms with Gasteiger partial charge in [0, 0.05) is 23.7 Å². The zero-order valence-electron chi connectivity index (χ0n) is 16.9. The fourth-order valence-electron chi connectivity index (χ4n) is 3.34. The Hall–Kier alpha value is -3.42. The highest BCUT2D eigenvalue weighted by molar-refractivity contribution is 5.93. The summed E-state index contributed by atoms with van der Waals surface area (Å²) in [6.07, 6.45) is 0.768. The van der Waals surface area contributed by atoms with Gasteiger partial charge in [0.15, 0.2) is 36.2 Å². The maximum atomic E-state index is 12.1. The van der Waals surface area contributed by atoms with Gasteiger partial charge in [0.1, 0.15) is 18.8 Å². The lowest BCUT2D eigenvalue weighted by Crippen LogP contribution is -2.25. The maximum Gasteiger partial charge on any atom is 0.344 e. The van der Waals surface area contributed by atoms with E-state index in [0.29, 0.717) is 41.9 Å². The molecule has 1 N–H and O–H groups in total. The number of carbonyl (C=O) groups excluding carboxylic acids is 2. The van der Waals surface area contributed by atoms with Crippen LogP contribution in [-0.4, -0.2) is 43.9 Å². The largest absolute Gasteiger partial charge is 0.486 e. The molecule has 8 nitrogen and oxygen atoms in total. The lowest BCUT2D eigenvalue weighted by Gasteiger charge is -2.19. The van der Waals surface area contributed by atoms with Crippen LogP contribution in [0.15, 0.2) is 36.4 Å². The van der Waals surface area contributed by atoms with E-state index in [0.717, 1.165) is 12.0 Å². The molecule has 1 amide bonds. The van der Waals surface area contributed by atoms with Crippen molar-refractivity contribution in [1.82, 2.24) is 0 Å². The van der Waals surface area contributed by atoms with Gasteiger partial charge in [0.05, 0.1) is 0 Å². The lowest BCUT2D eigenvalue weighted by molar-refractivity contribution is -0.149. The Balaban J connectivity index is 1.25. The molecule has 0 radical (unpaired) electrons. The quantitative estimate of drug-likeness (QED) is 0.728. The number of anilines is 1. The first kappa shape index (κ1) is 19.9. The van der Waals surface area contributed by atoms with Crippen LogP contribution in [0.3, 0.4) is 0 Å². The van der Waals surface area contributed by atoms with Crippen LogP contribution in [-0.2, 0) is 20.7 Å². The van der Waals surface area contributed by atoms with Crippen LogP contribution in [0.4, 0.5) is 5.69 Å². The summed E-state index contributed by atoms with van der Waals surface area (Å²) >= 11 is 0. The van der Waals surface area contributed by atoms with E-state index >= 15 is 0 Å². The smallest absolute Gasteiger partial charge is 0.344 e. The second kappa shape index (κ2) is 8.14. The molecule has 8 heteroatoms. The van der Waals surface area contributed by atoms with Gasteiger partial charge in [0.2, 0.25) is 0 Å². The van der Waals surface area contributed by atoms with E-state index in [2.05, 4.69) is 5.32 Å². The van der Waals surface area contributed by atoms with Gasteiger partial charge in [-0.05, 0) is 32.0 Å². The molecule has 0 aromatic heterocycles. The summed E-state index contributed by atoms with van der Waals surface area (Å²) in [6, 6.07) is 10.6. The second-order valence-corrected chi connectivity index (χ2v) is 7.64. The summed E-state index contributed by atoms with van der Waals surface area (Å²) in [4.78, 5) is 24.1. The minimum Gasteiger partial charge on any atom is -0.486 e. The number of para-hydroxylation sites is 1.